The molecular formula is C19H25N3. The SMILES string of the molecule is Cn1c(CNC23CC4CC(CC(C4)C2)C3)nc2ccccc21. The smallest absolute Gasteiger partial charge is 0.123 e. The van der Waals surface area contributed by atoms with Gasteiger partial charge < -0.3 is 9.88 Å². The van der Waals surface area contributed by atoms with Crippen LogP contribution in [0.4, 0.5) is 0 Å². The van der Waals surface area contributed by atoms with E-state index >= 15 is 0 Å². The average molecular weight is 295 g/mol. The van der Waals surface area contributed by atoms with Crippen molar-refractivity contribution in [3.63, 3.8) is 0 Å². The maximum atomic E-state index is 4.83. The summed E-state index contributed by atoms with van der Waals surface area (Å²) in [4.78, 5) is 4.83. The van der Waals surface area contributed by atoms with Crippen molar-refractivity contribution in [3.05, 3.63) is 30.1 Å². The van der Waals surface area contributed by atoms with Gasteiger partial charge in [-0.15, -0.1) is 0 Å². The predicted molar refractivity (Wildman–Crippen MR) is 88.5 cm³/mol. The van der Waals surface area contributed by atoms with Gasteiger partial charge in [0, 0.05) is 12.6 Å². The van der Waals surface area contributed by atoms with E-state index in [1.54, 1.807) is 0 Å². The summed E-state index contributed by atoms with van der Waals surface area (Å²) in [5.74, 6) is 4.18. The number of rotatable bonds is 3. The van der Waals surface area contributed by atoms with Gasteiger partial charge in [0.05, 0.1) is 17.6 Å². The zero-order chi connectivity index (χ0) is 14.7. The highest BCUT2D eigenvalue weighted by Gasteiger charge is 2.50. The molecule has 0 atom stereocenters. The number of aryl methyl sites for hydroxylation is 1. The number of nitrogens with one attached hydrogen (secondary N) is 1. The highest BCUT2D eigenvalue weighted by atomic mass is 15.1. The minimum atomic E-state index is 0.423. The number of hydrogen-bond donors (Lipinski definition) is 1. The number of para-hydroxylation sites is 2. The number of fused-ring (bicyclic) bond motifs is 1. The predicted octanol–water partition coefficient (Wildman–Crippen LogP) is 3.63. The van der Waals surface area contributed by atoms with Crippen molar-refractivity contribution in [2.24, 2.45) is 24.8 Å². The normalized spacial score (nSPS) is 36.3. The van der Waals surface area contributed by atoms with Gasteiger partial charge in [0.25, 0.3) is 0 Å². The number of nitrogens with zero attached hydrogens (tertiary/aromatic N) is 2. The van der Waals surface area contributed by atoms with Gasteiger partial charge in [-0.25, -0.2) is 4.98 Å². The van der Waals surface area contributed by atoms with Crippen molar-refractivity contribution in [1.82, 2.24) is 14.9 Å². The molecule has 1 heterocycles. The lowest BCUT2D eigenvalue weighted by molar-refractivity contribution is -0.0209. The van der Waals surface area contributed by atoms with Crippen molar-refractivity contribution in [1.29, 1.82) is 0 Å². The molecule has 3 nitrogen and oxygen atoms in total. The maximum Gasteiger partial charge on any atom is 0.123 e. The van der Waals surface area contributed by atoms with Crippen molar-refractivity contribution >= 4 is 11.0 Å². The fraction of sp³-hybridized carbons (Fsp3) is 0.632. The Bertz CT molecular complexity index is 679. The maximum absolute atomic E-state index is 4.83. The molecule has 2 aromatic rings. The molecule has 4 aliphatic carbocycles. The summed E-state index contributed by atoms with van der Waals surface area (Å²) < 4.78 is 2.25. The van der Waals surface area contributed by atoms with Gasteiger partial charge in [0.15, 0.2) is 0 Å². The molecule has 0 saturated heterocycles. The van der Waals surface area contributed by atoms with E-state index in [0.29, 0.717) is 5.54 Å². The molecule has 1 N–H and O–H groups in total. The molecular weight excluding hydrogens is 270 g/mol. The fourth-order valence-electron chi connectivity index (χ4n) is 5.95. The Balaban J connectivity index is 1.39. The minimum absolute atomic E-state index is 0.423. The fourth-order valence-corrected chi connectivity index (χ4v) is 5.95. The Kier molecular flexibility index (Phi) is 2.73. The molecule has 0 unspecified atom stereocenters. The number of benzene rings is 1. The Labute approximate surface area is 132 Å². The van der Waals surface area contributed by atoms with Gasteiger partial charge in [-0.05, 0) is 68.4 Å². The van der Waals surface area contributed by atoms with E-state index in [4.69, 9.17) is 4.98 Å². The third-order valence-corrected chi connectivity index (χ3v) is 6.54. The van der Waals surface area contributed by atoms with Crippen molar-refractivity contribution in [2.75, 3.05) is 0 Å². The summed E-state index contributed by atoms with van der Waals surface area (Å²) in [7, 11) is 2.14. The lowest BCUT2D eigenvalue weighted by atomic mass is 9.53. The van der Waals surface area contributed by atoms with Crippen LogP contribution in [0.2, 0.25) is 0 Å². The molecule has 3 heteroatoms. The van der Waals surface area contributed by atoms with Crippen LogP contribution < -0.4 is 5.32 Å². The molecule has 0 amide bonds. The summed E-state index contributed by atoms with van der Waals surface area (Å²) in [6.45, 7) is 0.914. The Hall–Kier alpha value is -1.35. The minimum Gasteiger partial charge on any atom is -0.330 e. The largest absolute Gasteiger partial charge is 0.330 e. The first-order valence-corrected chi connectivity index (χ1v) is 8.86. The molecule has 4 bridgehead atoms. The lowest BCUT2D eigenvalue weighted by Gasteiger charge is -2.57. The highest BCUT2D eigenvalue weighted by molar-refractivity contribution is 5.75. The van der Waals surface area contributed by atoms with Crippen LogP contribution in [0.5, 0.6) is 0 Å². The number of hydrogen-bond acceptors (Lipinski definition) is 2. The van der Waals surface area contributed by atoms with Gasteiger partial charge in [0.1, 0.15) is 5.82 Å². The molecule has 116 valence electrons. The van der Waals surface area contributed by atoms with Crippen LogP contribution in [0.1, 0.15) is 44.3 Å². The van der Waals surface area contributed by atoms with Gasteiger partial charge in [0.2, 0.25) is 0 Å². The molecule has 4 fully saturated rings. The van der Waals surface area contributed by atoms with E-state index in [1.807, 2.05) is 0 Å². The number of imidazole rings is 1. The van der Waals surface area contributed by atoms with E-state index in [1.165, 1.54) is 49.9 Å². The molecule has 4 saturated carbocycles. The summed E-state index contributed by atoms with van der Waals surface area (Å²) in [5, 5.41) is 3.96. The van der Waals surface area contributed by atoms with E-state index < -0.39 is 0 Å². The Morgan fingerprint density at radius 2 is 1.73 bits per heavy atom. The van der Waals surface area contributed by atoms with Crippen molar-refractivity contribution in [2.45, 2.75) is 50.6 Å². The van der Waals surface area contributed by atoms with Crippen LogP contribution in [-0.4, -0.2) is 15.1 Å². The van der Waals surface area contributed by atoms with Crippen molar-refractivity contribution in [3.8, 4) is 0 Å². The summed E-state index contributed by atoms with van der Waals surface area (Å²) in [5.41, 5.74) is 2.78. The van der Waals surface area contributed by atoms with E-state index in [9.17, 15) is 0 Å². The second-order valence-electron chi connectivity index (χ2n) is 8.13. The quantitative estimate of drug-likeness (QED) is 0.937. The summed E-state index contributed by atoms with van der Waals surface area (Å²) in [6.07, 6.45) is 8.74. The summed E-state index contributed by atoms with van der Waals surface area (Å²) in [6, 6.07) is 8.45. The molecule has 0 spiro atoms. The lowest BCUT2D eigenvalue weighted by Crippen LogP contribution is -2.58. The molecule has 0 radical (unpaired) electrons. The van der Waals surface area contributed by atoms with Crippen LogP contribution in [0.15, 0.2) is 24.3 Å². The Morgan fingerprint density at radius 3 is 2.36 bits per heavy atom. The average Bonchev–Trinajstić information content (AvgIpc) is 2.81. The third-order valence-electron chi connectivity index (χ3n) is 6.54. The van der Waals surface area contributed by atoms with Crippen LogP contribution in [-0.2, 0) is 13.6 Å². The highest BCUT2D eigenvalue weighted by Crippen LogP contribution is 2.55. The molecule has 1 aromatic carbocycles. The molecule has 6 rings (SSSR count). The van der Waals surface area contributed by atoms with Crippen LogP contribution >= 0.6 is 0 Å². The standard InChI is InChI=1S/C19H25N3/c1-22-17-5-3-2-4-16(17)21-18(22)12-20-19-9-13-6-14(10-19)8-15(7-13)11-19/h2-5,13-15,20H,6-12H2,1H3. The Morgan fingerprint density at radius 1 is 1.09 bits per heavy atom. The first-order valence-electron chi connectivity index (χ1n) is 8.86. The summed E-state index contributed by atoms with van der Waals surface area (Å²) >= 11 is 0. The van der Waals surface area contributed by atoms with Gasteiger partial charge in [-0.3, -0.25) is 0 Å². The zero-order valence-electron chi connectivity index (χ0n) is 13.4. The zero-order valence-corrected chi connectivity index (χ0v) is 13.4. The van der Waals surface area contributed by atoms with Crippen LogP contribution in [0.25, 0.3) is 11.0 Å². The third kappa shape index (κ3) is 1.95. The van der Waals surface area contributed by atoms with Crippen molar-refractivity contribution < 1.29 is 0 Å². The first kappa shape index (κ1) is 13.1. The first-order chi connectivity index (χ1) is 10.7. The molecule has 4 aliphatic rings. The monoisotopic (exact) mass is 295 g/mol. The molecule has 0 aliphatic heterocycles. The van der Waals surface area contributed by atoms with Gasteiger partial charge >= 0.3 is 0 Å². The van der Waals surface area contributed by atoms with Crippen LogP contribution in [0.3, 0.4) is 0 Å². The second-order valence-corrected chi connectivity index (χ2v) is 8.13. The van der Waals surface area contributed by atoms with E-state index in [2.05, 4.69) is 41.2 Å². The second kappa shape index (κ2) is 4.58. The van der Waals surface area contributed by atoms with Gasteiger partial charge in [-0.1, -0.05) is 12.1 Å². The van der Waals surface area contributed by atoms with E-state index in [0.717, 1.165) is 29.8 Å². The topological polar surface area (TPSA) is 29.9 Å². The van der Waals surface area contributed by atoms with Crippen LogP contribution in [0, 0.1) is 17.8 Å². The van der Waals surface area contributed by atoms with Gasteiger partial charge in [-0.2, -0.15) is 0 Å². The molecule has 1 aromatic heterocycles. The number of aromatic nitrogens is 2. The van der Waals surface area contributed by atoms with E-state index in [-0.39, 0.29) is 0 Å². The molecule has 22 heavy (non-hydrogen) atoms.